The lowest BCUT2D eigenvalue weighted by atomic mass is 10.1. The first kappa shape index (κ1) is 24.0. The van der Waals surface area contributed by atoms with Crippen molar-refractivity contribution in [2.24, 2.45) is 5.73 Å². The molecule has 35 heavy (non-hydrogen) atoms. The van der Waals surface area contributed by atoms with Crippen LogP contribution in [-0.4, -0.2) is 45.6 Å². The van der Waals surface area contributed by atoms with Gasteiger partial charge in [-0.15, -0.1) is 0 Å². The largest absolute Gasteiger partial charge is 0.364 e. The summed E-state index contributed by atoms with van der Waals surface area (Å²) in [7, 11) is 4.06. The molecule has 0 unspecified atom stereocenters. The molecular weight excluding hydrogens is 447 g/mol. The summed E-state index contributed by atoms with van der Waals surface area (Å²) in [6.45, 7) is 5.11. The van der Waals surface area contributed by atoms with E-state index in [0.29, 0.717) is 23.3 Å². The number of anilines is 1. The van der Waals surface area contributed by atoms with Gasteiger partial charge in [-0.2, -0.15) is 5.10 Å². The van der Waals surface area contributed by atoms with Crippen LogP contribution in [0.15, 0.2) is 48.5 Å². The van der Waals surface area contributed by atoms with E-state index in [2.05, 4.69) is 44.6 Å². The van der Waals surface area contributed by atoms with Crippen molar-refractivity contribution in [3.8, 4) is 0 Å². The number of aryl methyl sites for hydroxylation is 1. The molecule has 0 fully saturated rings. The van der Waals surface area contributed by atoms with Gasteiger partial charge in [0.1, 0.15) is 11.5 Å². The zero-order chi connectivity index (χ0) is 25.3. The van der Waals surface area contributed by atoms with Crippen LogP contribution >= 0.6 is 0 Å². The highest BCUT2D eigenvalue weighted by molar-refractivity contribution is 6.14. The SMILES string of the molecule is Cc1nn(Cc2ccc(CN(C)C)cc2)c(C)c1NC(=O)c1cc(C(N)=O)nc2cc(F)ccc12. The molecule has 3 N–H and O–H groups in total. The van der Waals surface area contributed by atoms with Gasteiger partial charge in [-0.1, -0.05) is 24.3 Å². The maximum absolute atomic E-state index is 13.7. The van der Waals surface area contributed by atoms with Crippen LogP contribution in [0.1, 0.15) is 43.4 Å². The Morgan fingerprint density at radius 1 is 1.06 bits per heavy atom. The summed E-state index contributed by atoms with van der Waals surface area (Å²) in [6, 6.07) is 13.5. The molecule has 0 bridgehead atoms. The molecular formula is C26H27FN6O2. The van der Waals surface area contributed by atoms with Gasteiger partial charge in [-0.25, -0.2) is 9.37 Å². The normalized spacial score (nSPS) is 11.3. The van der Waals surface area contributed by atoms with Gasteiger partial charge in [-0.3, -0.25) is 14.3 Å². The van der Waals surface area contributed by atoms with Gasteiger partial charge in [0.25, 0.3) is 11.8 Å². The Bertz CT molecular complexity index is 1430. The number of amides is 2. The number of fused-ring (bicyclic) bond motifs is 1. The first-order chi connectivity index (χ1) is 16.6. The Balaban J connectivity index is 1.61. The van der Waals surface area contributed by atoms with Crippen molar-refractivity contribution in [2.45, 2.75) is 26.9 Å². The molecule has 180 valence electrons. The number of pyridine rings is 1. The first-order valence-corrected chi connectivity index (χ1v) is 11.1. The lowest BCUT2D eigenvalue weighted by Crippen LogP contribution is -2.18. The van der Waals surface area contributed by atoms with Crippen LogP contribution in [0.5, 0.6) is 0 Å². The number of aromatic nitrogens is 3. The fourth-order valence-electron chi connectivity index (χ4n) is 4.02. The van der Waals surface area contributed by atoms with Gasteiger partial charge >= 0.3 is 0 Å². The van der Waals surface area contributed by atoms with Crippen molar-refractivity contribution < 1.29 is 14.0 Å². The number of primary amides is 1. The van der Waals surface area contributed by atoms with Gasteiger partial charge in [0.2, 0.25) is 0 Å². The third-order valence-electron chi connectivity index (χ3n) is 5.74. The molecule has 0 atom stereocenters. The number of hydrogen-bond acceptors (Lipinski definition) is 5. The second kappa shape index (κ2) is 9.63. The Labute approximate surface area is 202 Å². The Kier molecular flexibility index (Phi) is 6.61. The molecule has 0 aliphatic carbocycles. The molecule has 9 heteroatoms. The monoisotopic (exact) mass is 474 g/mol. The number of benzene rings is 2. The van der Waals surface area contributed by atoms with Crippen LogP contribution in [0, 0.1) is 19.7 Å². The van der Waals surface area contributed by atoms with E-state index in [4.69, 9.17) is 5.73 Å². The van der Waals surface area contributed by atoms with E-state index in [1.54, 1.807) is 0 Å². The van der Waals surface area contributed by atoms with Crippen molar-refractivity contribution >= 4 is 28.4 Å². The zero-order valence-electron chi connectivity index (χ0n) is 20.1. The van der Waals surface area contributed by atoms with Crippen molar-refractivity contribution in [1.82, 2.24) is 19.7 Å². The van der Waals surface area contributed by atoms with E-state index >= 15 is 0 Å². The van der Waals surface area contributed by atoms with Crippen LogP contribution < -0.4 is 11.1 Å². The molecule has 2 amide bonds. The van der Waals surface area contributed by atoms with Gasteiger partial charge in [0, 0.05) is 18.0 Å². The number of carbonyl (C=O) groups is 2. The molecule has 4 rings (SSSR count). The molecule has 4 aromatic rings. The molecule has 0 spiro atoms. The summed E-state index contributed by atoms with van der Waals surface area (Å²) in [4.78, 5) is 31.2. The minimum absolute atomic E-state index is 0.116. The van der Waals surface area contributed by atoms with Gasteiger partial charge in [-0.05, 0) is 57.3 Å². The third-order valence-corrected chi connectivity index (χ3v) is 5.74. The quantitative estimate of drug-likeness (QED) is 0.425. The van der Waals surface area contributed by atoms with Gasteiger partial charge in [0.15, 0.2) is 0 Å². The highest BCUT2D eigenvalue weighted by atomic mass is 19.1. The standard InChI is InChI=1S/C26H27FN6O2/c1-15-24(16(2)33(31-15)14-18-7-5-17(6-8-18)13-32(3)4)30-26(35)21-12-23(25(28)34)29-22-11-19(27)9-10-20(21)22/h5-12H,13-14H2,1-4H3,(H2,28,34)(H,30,35). The smallest absolute Gasteiger partial charge is 0.267 e. The Hall–Kier alpha value is -4.11. The predicted molar refractivity (Wildman–Crippen MR) is 133 cm³/mol. The van der Waals surface area contributed by atoms with Crippen LogP contribution in [0.3, 0.4) is 0 Å². The Morgan fingerprint density at radius 3 is 2.40 bits per heavy atom. The maximum Gasteiger partial charge on any atom is 0.267 e. The van der Waals surface area contributed by atoms with E-state index in [0.717, 1.165) is 23.9 Å². The average Bonchev–Trinajstić information content (AvgIpc) is 3.06. The van der Waals surface area contributed by atoms with Crippen molar-refractivity contribution in [3.05, 3.63) is 88.1 Å². The van der Waals surface area contributed by atoms with E-state index in [1.807, 2.05) is 32.6 Å². The fraction of sp³-hybridized carbons (Fsp3) is 0.231. The summed E-state index contributed by atoms with van der Waals surface area (Å²) >= 11 is 0. The number of carbonyl (C=O) groups excluding carboxylic acids is 2. The number of hydrogen-bond donors (Lipinski definition) is 2. The van der Waals surface area contributed by atoms with Crippen LogP contribution in [0.2, 0.25) is 0 Å². The van der Waals surface area contributed by atoms with Crippen molar-refractivity contribution in [3.63, 3.8) is 0 Å². The van der Waals surface area contributed by atoms with Crippen molar-refractivity contribution in [2.75, 3.05) is 19.4 Å². The topological polar surface area (TPSA) is 106 Å². The number of nitrogens with two attached hydrogens (primary N) is 1. The predicted octanol–water partition coefficient (Wildman–Crippen LogP) is 3.65. The summed E-state index contributed by atoms with van der Waals surface area (Å²) in [5.74, 6) is -1.80. The molecule has 8 nitrogen and oxygen atoms in total. The number of nitrogens with one attached hydrogen (secondary N) is 1. The lowest BCUT2D eigenvalue weighted by Gasteiger charge is -2.11. The van der Waals surface area contributed by atoms with Gasteiger partial charge in [0.05, 0.1) is 34.7 Å². The number of nitrogens with zero attached hydrogens (tertiary/aromatic N) is 4. The minimum Gasteiger partial charge on any atom is -0.364 e. The van der Waals surface area contributed by atoms with E-state index < -0.39 is 17.6 Å². The highest BCUT2D eigenvalue weighted by Gasteiger charge is 2.20. The van der Waals surface area contributed by atoms with Crippen LogP contribution in [0.25, 0.3) is 10.9 Å². The second-order valence-corrected chi connectivity index (χ2v) is 8.79. The van der Waals surface area contributed by atoms with E-state index in [-0.39, 0.29) is 16.8 Å². The summed E-state index contributed by atoms with van der Waals surface area (Å²) in [5, 5.41) is 7.92. The molecule has 0 aliphatic rings. The Morgan fingerprint density at radius 2 is 1.74 bits per heavy atom. The van der Waals surface area contributed by atoms with E-state index in [9.17, 15) is 14.0 Å². The number of rotatable bonds is 7. The van der Waals surface area contributed by atoms with E-state index in [1.165, 1.54) is 23.8 Å². The lowest BCUT2D eigenvalue weighted by molar-refractivity contribution is 0.0996. The fourth-order valence-corrected chi connectivity index (χ4v) is 4.02. The van der Waals surface area contributed by atoms with Gasteiger partial charge < -0.3 is 16.0 Å². The number of halogens is 1. The maximum atomic E-state index is 13.7. The third kappa shape index (κ3) is 5.20. The highest BCUT2D eigenvalue weighted by Crippen LogP contribution is 2.25. The molecule has 2 aromatic carbocycles. The molecule has 2 heterocycles. The summed E-state index contributed by atoms with van der Waals surface area (Å²) in [5.41, 5.74) is 9.93. The summed E-state index contributed by atoms with van der Waals surface area (Å²) < 4.78 is 15.6. The molecule has 0 saturated carbocycles. The van der Waals surface area contributed by atoms with Crippen LogP contribution in [0.4, 0.5) is 10.1 Å². The molecule has 0 radical (unpaired) electrons. The molecule has 0 aliphatic heterocycles. The zero-order valence-corrected chi connectivity index (χ0v) is 20.1. The molecule has 2 aromatic heterocycles. The molecule has 0 saturated heterocycles. The van der Waals surface area contributed by atoms with Crippen LogP contribution in [-0.2, 0) is 13.1 Å². The van der Waals surface area contributed by atoms with Crippen molar-refractivity contribution in [1.29, 1.82) is 0 Å². The second-order valence-electron chi connectivity index (χ2n) is 8.79. The average molecular weight is 475 g/mol. The first-order valence-electron chi connectivity index (χ1n) is 11.1. The minimum atomic E-state index is -0.804. The summed E-state index contributed by atoms with van der Waals surface area (Å²) in [6.07, 6.45) is 0.